The summed E-state index contributed by atoms with van der Waals surface area (Å²) in [4.78, 5) is 14.2. The van der Waals surface area contributed by atoms with E-state index < -0.39 is 0 Å². The molecular formula is C17H32N2O. The molecule has 0 unspecified atom stereocenters. The number of nitrogens with zero attached hydrogens (tertiary/aromatic N) is 1. The van der Waals surface area contributed by atoms with Crippen LogP contribution >= 0.6 is 0 Å². The largest absolute Gasteiger partial charge is 0.342 e. The van der Waals surface area contributed by atoms with Crippen molar-refractivity contribution in [1.29, 1.82) is 0 Å². The molecule has 2 rings (SSSR count). The van der Waals surface area contributed by atoms with Gasteiger partial charge >= 0.3 is 0 Å². The summed E-state index contributed by atoms with van der Waals surface area (Å²) in [5, 5.41) is 3.50. The number of hydrogen-bond donors (Lipinski definition) is 1. The molecule has 0 atom stereocenters. The van der Waals surface area contributed by atoms with Gasteiger partial charge in [-0.05, 0) is 56.3 Å². The monoisotopic (exact) mass is 280 g/mol. The lowest BCUT2D eigenvalue weighted by atomic mass is 9.71. The number of amides is 1. The summed E-state index contributed by atoms with van der Waals surface area (Å²) in [7, 11) is 0. The zero-order valence-electron chi connectivity index (χ0n) is 13.6. The molecule has 20 heavy (non-hydrogen) atoms. The van der Waals surface area contributed by atoms with Gasteiger partial charge in [0.2, 0.25) is 5.91 Å². The van der Waals surface area contributed by atoms with Crippen molar-refractivity contribution in [3.05, 3.63) is 0 Å². The summed E-state index contributed by atoms with van der Waals surface area (Å²) < 4.78 is 0. The van der Waals surface area contributed by atoms with Gasteiger partial charge < -0.3 is 10.2 Å². The molecule has 1 aliphatic carbocycles. The minimum Gasteiger partial charge on any atom is -0.342 e. The van der Waals surface area contributed by atoms with Crippen molar-refractivity contribution in [3.63, 3.8) is 0 Å². The molecular weight excluding hydrogens is 248 g/mol. The number of rotatable bonds is 3. The molecule has 2 aliphatic rings. The molecule has 116 valence electrons. The van der Waals surface area contributed by atoms with Crippen LogP contribution in [0, 0.1) is 11.3 Å². The van der Waals surface area contributed by atoms with Crippen LogP contribution in [0.1, 0.15) is 65.7 Å². The van der Waals surface area contributed by atoms with Crippen molar-refractivity contribution >= 4 is 5.91 Å². The highest BCUT2D eigenvalue weighted by atomic mass is 16.2. The molecule has 1 aliphatic heterocycles. The van der Waals surface area contributed by atoms with E-state index in [1.165, 1.54) is 44.9 Å². The molecule has 0 spiro atoms. The second-order valence-electron chi connectivity index (χ2n) is 7.74. The lowest BCUT2D eigenvalue weighted by Gasteiger charge is -2.37. The summed E-state index contributed by atoms with van der Waals surface area (Å²) in [6.45, 7) is 9.54. The van der Waals surface area contributed by atoms with Crippen LogP contribution in [-0.4, -0.2) is 36.5 Å². The lowest BCUT2D eigenvalue weighted by Crippen LogP contribution is -2.45. The van der Waals surface area contributed by atoms with E-state index in [1.807, 2.05) is 4.90 Å². The quantitative estimate of drug-likeness (QED) is 0.861. The van der Waals surface area contributed by atoms with Gasteiger partial charge in [0.15, 0.2) is 0 Å². The first kappa shape index (κ1) is 15.8. The molecule has 1 N–H and O–H groups in total. The Morgan fingerprint density at radius 2 is 1.65 bits per heavy atom. The smallest absolute Gasteiger partial charge is 0.236 e. The molecule has 1 heterocycles. The Bertz CT molecular complexity index is 307. The Labute approximate surface area is 124 Å². The van der Waals surface area contributed by atoms with Gasteiger partial charge in [-0.3, -0.25) is 4.79 Å². The van der Waals surface area contributed by atoms with E-state index in [0.29, 0.717) is 23.9 Å². The van der Waals surface area contributed by atoms with Crippen LogP contribution < -0.4 is 5.32 Å². The normalized spacial score (nSPS) is 28.4. The van der Waals surface area contributed by atoms with Crippen LogP contribution in [0.2, 0.25) is 0 Å². The number of nitrogens with one attached hydrogen (secondary N) is 1. The molecule has 0 aromatic carbocycles. The Hall–Kier alpha value is -0.570. The van der Waals surface area contributed by atoms with E-state index >= 15 is 0 Å². The number of carbonyl (C=O) groups is 1. The Morgan fingerprint density at radius 1 is 1.05 bits per heavy atom. The second kappa shape index (κ2) is 6.93. The first-order valence-electron chi connectivity index (χ1n) is 8.48. The van der Waals surface area contributed by atoms with Crippen molar-refractivity contribution in [3.8, 4) is 0 Å². The maximum Gasteiger partial charge on any atom is 0.236 e. The van der Waals surface area contributed by atoms with Crippen molar-refractivity contribution < 1.29 is 4.79 Å². The molecule has 0 aromatic rings. The van der Waals surface area contributed by atoms with Gasteiger partial charge in [-0.25, -0.2) is 0 Å². The summed E-state index contributed by atoms with van der Waals surface area (Å²) in [5.41, 5.74) is 0.439. The maximum atomic E-state index is 12.1. The third-order valence-corrected chi connectivity index (χ3v) is 5.20. The molecule has 2 fully saturated rings. The number of hydrogen-bond acceptors (Lipinski definition) is 2. The maximum absolute atomic E-state index is 12.1. The standard InChI is InChI=1S/C17H32N2O/c1-17(2,3)14-7-9-15(10-8-14)18-13-16(20)19-11-5-4-6-12-19/h14-15,18H,4-13H2,1-3H3. The minimum atomic E-state index is 0.308. The fourth-order valence-corrected chi connectivity index (χ4v) is 3.65. The fourth-order valence-electron chi connectivity index (χ4n) is 3.65. The van der Waals surface area contributed by atoms with E-state index in [9.17, 15) is 4.79 Å². The van der Waals surface area contributed by atoms with Crippen LogP contribution in [0.25, 0.3) is 0 Å². The van der Waals surface area contributed by atoms with Crippen LogP contribution in [0.15, 0.2) is 0 Å². The summed E-state index contributed by atoms with van der Waals surface area (Å²) >= 11 is 0. The second-order valence-corrected chi connectivity index (χ2v) is 7.74. The summed E-state index contributed by atoms with van der Waals surface area (Å²) in [5.74, 6) is 1.15. The van der Waals surface area contributed by atoms with Crippen molar-refractivity contribution in [2.45, 2.75) is 71.8 Å². The first-order valence-corrected chi connectivity index (χ1v) is 8.48. The van der Waals surface area contributed by atoms with Gasteiger partial charge in [-0.2, -0.15) is 0 Å². The SMILES string of the molecule is CC(C)(C)C1CCC(NCC(=O)N2CCCCC2)CC1. The molecule has 1 amide bonds. The zero-order valence-corrected chi connectivity index (χ0v) is 13.6. The van der Waals surface area contributed by atoms with Crippen molar-refractivity contribution in [2.75, 3.05) is 19.6 Å². The van der Waals surface area contributed by atoms with Crippen molar-refractivity contribution in [2.24, 2.45) is 11.3 Å². The van der Waals surface area contributed by atoms with Crippen LogP contribution in [0.5, 0.6) is 0 Å². The van der Waals surface area contributed by atoms with Gasteiger partial charge in [0.1, 0.15) is 0 Å². The van der Waals surface area contributed by atoms with Gasteiger partial charge in [0.05, 0.1) is 6.54 Å². The van der Waals surface area contributed by atoms with E-state index in [1.54, 1.807) is 0 Å². The van der Waals surface area contributed by atoms with E-state index in [0.717, 1.165) is 19.0 Å². The summed E-state index contributed by atoms with van der Waals surface area (Å²) in [6, 6.07) is 0.558. The van der Waals surface area contributed by atoms with Crippen LogP contribution in [-0.2, 0) is 4.79 Å². The third-order valence-electron chi connectivity index (χ3n) is 5.20. The number of carbonyl (C=O) groups excluding carboxylic acids is 1. The van der Waals surface area contributed by atoms with E-state index in [4.69, 9.17) is 0 Å². The highest BCUT2D eigenvalue weighted by molar-refractivity contribution is 5.78. The van der Waals surface area contributed by atoms with Gasteiger partial charge in [-0.15, -0.1) is 0 Å². The number of likely N-dealkylation sites (tertiary alicyclic amines) is 1. The molecule has 3 heteroatoms. The molecule has 0 aromatic heterocycles. The molecule has 3 nitrogen and oxygen atoms in total. The van der Waals surface area contributed by atoms with Crippen LogP contribution in [0.3, 0.4) is 0 Å². The Morgan fingerprint density at radius 3 is 2.20 bits per heavy atom. The lowest BCUT2D eigenvalue weighted by molar-refractivity contribution is -0.131. The van der Waals surface area contributed by atoms with E-state index in [-0.39, 0.29) is 0 Å². The van der Waals surface area contributed by atoms with Crippen LogP contribution in [0.4, 0.5) is 0 Å². The first-order chi connectivity index (χ1) is 9.47. The Balaban J connectivity index is 1.67. The third kappa shape index (κ3) is 4.47. The summed E-state index contributed by atoms with van der Waals surface area (Å²) in [6.07, 6.45) is 8.72. The highest BCUT2D eigenvalue weighted by Gasteiger charge is 2.29. The predicted molar refractivity (Wildman–Crippen MR) is 83.6 cm³/mol. The zero-order chi connectivity index (χ0) is 14.6. The van der Waals surface area contributed by atoms with E-state index in [2.05, 4.69) is 26.1 Å². The molecule has 1 saturated carbocycles. The number of piperidine rings is 1. The molecule has 1 saturated heterocycles. The highest BCUT2D eigenvalue weighted by Crippen LogP contribution is 2.37. The molecule has 0 radical (unpaired) electrons. The predicted octanol–water partition coefficient (Wildman–Crippen LogP) is 3.19. The topological polar surface area (TPSA) is 32.3 Å². The molecule has 0 bridgehead atoms. The van der Waals surface area contributed by atoms with Gasteiger partial charge in [0.25, 0.3) is 0 Å². The van der Waals surface area contributed by atoms with Gasteiger partial charge in [-0.1, -0.05) is 20.8 Å². The van der Waals surface area contributed by atoms with Crippen molar-refractivity contribution in [1.82, 2.24) is 10.2 Å². The van der Waals surface area contributed by atoms with Gasteiger partial charge in [0, 0.05) is 19.1 Å². The average Bonchev–Trinajstić information content (AvgIpc) is 2.45. The average molecular weight is 280 g/mol. The fraction of sp³-hybridized carbons (Fsp3) is 0.941. The minimum absolute atomic E-state index is 0.308. The Kier molecular flexibility index (Phi) is 5.48.